The quantitative estimate of drug-likeness (QED) is 0.745. The summed E-state index contributed by atoms with van der Waals surface area (Å²) in [5, 5.41) is 3.17. The van der Waals surface area contributed by atoms with Crippen LogP contribution < -0.4 is 11.1 Å². The Bertz CT molecular complexity index is 571. The molecule has 2 aliphatic heterocycles. The molecular formula is C12H12N6. The highest BCUT2D eigenvalue weighted by Crippen LogP contribution is 2.13. The normalized spacial score (nSPS) is 24.7. The van der Waals surface area contributed by atoms with Gasteiger partial charge in [-0.1, -0.05) is 30.3 Å². The van der Waals surface area contributed by atoms with Gasteiger partial charge in [0.1, 0.15) is 18.4 Å². The lowest BCUT2D eigenvalue weighted by Crippen LogP contribution is -2.60. The molecule has 0 bridgehead atoms. The van der Waals surface area contributed by atoms with Crippen LogP contribution in [0.15, 0.2) is 50.3 Å². The van der Waals surface area contributed by atoms with E-state index in [2.05, 4.69) is 25.3 Å². The van der Waals surface area contributed by atoms with Crippen molar-refractivity contribution in [3.05, 3.63) is 35.9 Å². The van der Waals surface area contributed by atoms with Crippen LogP contribution in [0.3, 0.4) is 0 Å². The molecule has 0 radical (unpaired) electrons. The fourth-order valence-electron chi connectivity index (χ4n) is 1.82. The Kier molecular flexibility index (Phi) is 2.58. The average molecular weight is 240 g/mol. The highest BCUT2D eigenvalue weighted by Gasteiger charge is 2.37. The summed E-state index contributed by atoms with van der Waals surface area (Å²) in [7, 11) is 0. The van der Waals surface area contributed by atoms with Crippen molar-refractivity contribution in [3.63, 3.8) is 0 Å². The number of hydrogen-bond donors (Lipinski definition) is 2. The molecular weight excluding hydrogens is 228 g/mol. The second-order valence-corrected chi connectivity index (χ2v) is 4.03. The van der Waals surface area contributed by atoms with E-state index in [9.17, 15) is 0 Å². The Hall–Kier alpha value is -2.18. The standard InChI is InChI=1S/C12H12N6/c13-12(17-6-9-4-2-1-3-5-9)10-11(15-7-14-10)16-8-18-12/h1-5,7-8,17H,6,13H2. The average Bonchev–Trinajstić information content (AvgIpc) is 2.88. The minimum atomic E-state index is -1.05. The number of aliphatic imine (C=N–C) groups is 4. The lowest BCUT2D eigenvalue weighted by molar-refractivity contribution is 0.465. The zero-order valence-electron chi connectivity index (χ0n) is 9.61. The third kappa shape index (κ3) is 1.87. The van der Waals surface area contributed by atoms with Gasteiger partial charge in [-0.15, -0.1) is 0 Å². The number of hydrogen-bond acceptors (Lipinski definition) is 6. The predicted molar refractivity (Wildman–Crippen MR) is 72.1 cm³/mol. The summed E-state index contributed by atoms with van der Waals surface area (Å²) in [6, 6.07) is 9.97. The van der Waals surface area contributed by atoms with E-state index in [4.69, 9.17) is 5.73 Å². The predicted octanol–water partition coefficient (Wildman–Crippen LogP) is 0.312. The molecule has 3 rings (SSSR count). The molecule has 3 N–H and O–H groups in total. The highest BCUT2D eigenvalue weighted by molar-refractivity contribution is 6.50. The smallest absolute Gasteiger partial charge is 0.211 e. The van der Waals surface area contributed by atoms with Crippen molar-refractivity contribution in [1.29, 1.82) is 0 Å². The number of rotatable bonds is 3. The molecule has 0 aromatic heterocycles. The molecule has 1 aromatic rings. The van der Waals surface area contributed by atoms with Crippen LogP contribution in [0.1, 0.15) is 5.56 Å². The van der Waals surface area contributed by atoms with E-state index in [1.54, 1.807) is 0 Å². The van der Waals surface area contributed by atoms with E-state index in [0.29, 0.717) is 18.1 Å². The summed E-state index contributed by atoms with van der Waals surface area (Å²) >= 11 is 0. The summed E-state index contributed by atoms with van der Waals surface area (Å²) < 4.78 is 0. The van der Waals surface area contributed by atoms with Gasteiger partial charge in [0.25, 0.3) is 0 Å². The first-order valence-corrected chi connectivity index (χ1v) is 5.58. The van der Waals surface area contributed by atoms with Crippen LogP contribution in [0.25, 0.3) is 0 Å². The first kappa shape index (κ1) is 10.9. The SMILES string of the molecule is NC1(NCc2ccccc2)N=CN=C2N=CN=C21. The molecule has 0 spiro atoms. The van der Waals surface area contributed by atoms with Crippen LogP contribution in [0, 0.1) is 0 Å². The molecule has 2 aliphatic rings. The fraction of sp³-hybridized carbons (Fsp3) is 0.167. The van der Waals surface area contributed by atoms with Crippen molar-refractivity contribution in [2.24, 2.45) is 25.7 Å². The lowest BCUT2D eigenvalue weighted by atomic mass is 10.1. The van der Waals surface area contributed by atoms with E-state index in [1.165, 1.54) is 12.7 Å². The molecule has 18 heavy (non-hydrogen) atoms. The Labute approximate surface area is 104 Å². The maximum atomic E-state index is 6.19. The lowest BCUT2D eigenvalue weighted by Gasteiger charge is -2.27. The summed E-state index contributed by atoms with van der Waals surface area (Å²) in [6.45, 7) is 0.598. The molecule has 0 saturated heterocycles. The Balaban J connectivity index is 1.77. The third-order valence-corrected chi connectivity index (χ3v) is 2.79. The van der Waals surface area contributed by atoms with Crippen LogP contribution in [0.5, 0.6) is 0 Å². The van der Waals surface area contributed by atoms with E-state index >= 15 is 0 Å². The van der Waals surface area contributed by atoms with Gasteiger partial charge in [0, 0.05) is 6.54 Å². The fourth-order valence-corrected chi connectivity index (χ4v) is 1.82. The van der Waals surface area contributed by atoms with Crippen LogP contribution in [-0.2, 0) is 6.54 Å². The maximum Gasteiger partial charge on any atom is 0.211 e. The Morgan fingerprint density at radius 2 is 1.94 bits per heavy atom. The van der Waals surface area contributed by atoms with Crippen molar-refractivity contribution < 1.29 is 0 Å². The van der Waals surface area contributed by atoms with Gasteiger partial charge >= 0.3 is 0 Å². The van der Waals surface area contributed by atoms with Crippen molar-refractivity contribution in [2.75, 3.05) is 0 Å². The minimum absolute atomic E-state index is 0.521. The second-order valence-electron chi connectivity index (χ2n) is 4.03. The summed E-state index contributed by atoms with van der Waals surface area (Å²) in [4.78, 5) is 16.3. The van der Waals surface area contributed by atoms with Gasteiger partial charge in [0.15, 0.2) is 5.84 Å². The van der Waals surface area contributed by atoms with Crippen LogP contribution >= 0.6 is 0 Å². The molecule has 1 atom stereocenters. The first-order chi connectivity index (χ1) is 8.78. The number of nitrogens with one attached hydrogen (secondary N) is 1. The molecule has 2 heterocycles. The maximum absolute atomic E-state index is 6.19. The zero-order chi connectivity index (χ0) is 12.4. The van der Waals surface area contributed by atoms with Crippen LogP contribution in [0.2, 0.25) is 0 Å². The summed E-state index contributed by atoms with van der Waals surface area (Å²) in [6.07, 6.45) is 2.85. The third-order valence-electron chi connectivity index (χ3n) is 2.79. The van der Waals surface area contributed by atoms with Gasteiger partial charge in [-0.25, -0.2) is 20.0 Å². The van der Waals surface area contributed by atoms with Crippen LogP contribution in [-0.4, -0.2) is 30.0 Å². The van der Waals surface area contributed by atoms with E-state index in [-0.39, 0.29) is 0 Å². The van der Waals surface area contributed by atoms with E-state index < -0.39 is 5.79 Å². The highest BCUT2D eigenvalue weighted by atomic mass is 15.3. The molecule has 90 valence electrons. The van der Waals surface area contributed by atoms with Crippen LogP contribution in [0.4, 0.5) is 0 Å². The van der Waals surface area contributed by atoms with Crippen molar-refractivity contribution in [2.45, 2.75) is 12.3 Å². The van der Waals surface area contributed by atoms with Crippen molar-refractivity contribution >= 4 is 24.2 Å². The largest absolute Gasteiger partial charge is 0.289 e. The van der Waals surface area contributed by atoms with E-state index in [1.807, 2.05) is 30.3 Å². The first-order valence-electron chi connectivity index (χ1n) is 5.58. The molecule has 1 aromatic carbocycles. The zero-order valence-corrected chi connectivity index (χ0v) is 9.61. The van der Waals surface area contributed by atoms with Gasteiger partial charge in [0.05, 0.1) is 0 Å². The molecule has 1 unspecified atom stereocenters. The van der Waals surface area contributed by atoms with Gasteiger partial charge in [0.2, 0.25) is 5.79 Å². The van der Waals surface area contributed by atoms with Crippen molar-refractivity contribution in [1.82, 2.24) is 5.32 Å². The number of amidine groups is 1. The molecule has 0 saturated carbocycles. The van der Waals surface area contributed by atoms with Gasteiger partial charge in [-0.05, 0) is 5.56 Å². The summed E-state index contributed by atoms with van der Waals surface area (Å²) in [5.41, 5.74) is 7.87. The Morgan fingerprint density at radius 1 is 1.11 bits per heavy atom. The van der Waals surface area contributed by atoms with Gasteiger partial charge in [-0.2, -0.15) is 0 Å². The molecule has 6 heteroatoms. The Morgan fingerprint density at radius 3 is 2.78 bits per heavy atom. The molecule has 0 aliphatic carbocycles. The number of nitrogens with two attached hydrogens (primary N) is 1. The topological polar surface area (TPSA) is 87.5 Å². The molecule has 0 fully saturated rings. The monoisotopic (exact) mass is 240 g/mol. The van der Waals surface area contributed by atoms with Crippen molar-refractivity contribution in [3.8, 4) is 0 Å². The summed E-state index contributed by atoms with van der Waals surface area (Å²) in [5.74, 6) is -0.531. The number of benzene rings is 1. The van der Waals surface area contributed by atoms with Gasteiger partial charge in [-0.3, -0.25) is 11.1 Å². The van der Waals surface area contributed by atoms with E-state index in [0.717, 1.165) is 5.56 Å². The second kappa shape index (κ2) is 4.25. The molecule has 6 nitrogen and oxygen atoms in total. The van der Waals surface area contributed by atoms with Gasteiger partial charge < -0.3 is 0 Å². The minimum Gasteiger partial charge on any atom is -0.289 e. The molecule has 0 amide bonds. The number of nitrogens with zero attached hydrogens (tertiary/aromatic N) is 4. The number of fused-ring (bicyclic) bond motifs is 1.